The van der Waals surface area contributed by atoms with Gasteiger partial charge in [0, 0.05) is 26.6 Å². The Hall–Kier alpha value is -1.07. The second-order valence-corrected chi connectivity index (χ2v) is 7.17. The molecule has 0 spiro atoms. The predicted molar refractivity (Wildman–Crippen MR) is 91.1 cm³/mol. The number of hydrogen-bond donors (Lipinski definition) is 1. The van der Waals surface area contributed by atoms with Gasteiger partial charge in [-0.1, -0.05) is 35.3 Å². The first-order valence-electron chi connectivity index (χ1n) is 6.69. The summed E-state index contributed by atoms with van der Waals surface area (Å²) in [5.41, 5.74) is 0.925. The maximum absolute atomic E-state index is 12.0. The van der Waals surface area contributed by atoms with Gasteiger partial charge in [0.25, 0.3) is 0 Å². The molecule has 0 saturated carbocycles. The topological polar surface area (TPSA) is 46.5 Å². The number of ether oxygens (including phenoxy) is 1. The summed E-state index contributed by atoms with van der Waals surface area (Å²) in [6.45, 7) is 0.0913. The van der Waals surface area contributed by atoms with E-state index in [1.165, 1.54) is 0 Å². The van der Waals surface area contributed by atoms with Crippen molar-refractivity contribution in [3.63, 3.8) is 0 Å². The molecule has 0 fully saturated rings. The summed E-state index contributed by atoms with van der Waals surface area (Å²) < 4.78 is 17.4. The van der Waals surface area contributed by atoms with Gasteiger partial charge in [0.05, 0.1) is 11.9 Å². The standard InChI is InChI=1S/C16H16Cl2O3S/c17-13-3-1-12(2-4-13)10-22(20)11-15(19)9-21-16-7-5-14(18)6-8-16/h1-8,15,19H,9-11H2/t15-,22+/m0/s1. The van der Waals surface area contributed by atoms with Crippen LogP contribution in [-0.2, 0) is 16.6 Å². The number of aliphatic hydroxyl groups excluding tert-OH is 1. The van der Waals surface area contributed by atoms with E-state index in [1.807, 2.05) is 12.1 Å². The zero-order valence-electron chi connectivity index (χ0n) is 11.7. The van der Waals surface area contributed by atoms with Crippen molar-refractivity contribution in [1.29, 1.82) is 0 Å². The number of aliphatic hydroxyl groups is 1. The first-order chi connectivity index (χ1) is 10.5. The zero-order valence-corrected chi connectivity index (χ0v) is 14.1. The van der Waals surface area contributed by atoms with Gasteiger partial charge >= 0.3 is 0 Å². The minimum Gasteiger partial charge on any atom is -0.491 e. The molecule has 0 aromatic heterocycles. The van der Waals surface area contributed by atoms with Crippen molar-refractivity contribution in [1.82, 2.24) is 0 Å². The molecule has 118 valence electrons. The van der Waals surface area contributed by atoms with E-state index in [2.05, 4.69) is 0 Å². The predicted octanol–water partition coefficient (Wildman–Crippen LogP) is 3.68. The van der Waals surface area contributed by atoms with E-state index in [-0.39, 0.29) is 12.4 Å². The quantitative estimate of drug-likeness (QED) is 0.820. The summed E-state index contributed by atoms with van der Waals surface area (Å²) >= 11 is 11.6. The van der Waals surface area contributed by atoms with Crippen LogP contribution in [0.15, 0.2) is 48.5 Å². The molecule has 22 heavy (non-hydrogen) atoms. The molecule has 1 N–H and O–H groups in total. The largest absolute Gasteiger partial charge is 0.491 e. The molecule has 2 aromatic carbocycles. The van der Waals surface area contributed by atoms with Gasteiger partial charge in [0.1, 0.15) is 12.4 Å². The Balaban J connectivity index is 1.76. The van der Waals surface area contributed by atoms with Gasteiger partial charge in [-0.3, -0.25) is 4.21 Å². The summed E-state index contributed by atoms with van der Waals surface area (Å²) in [6.07, 6.45) is -0.788. The maximum Gasteiger partial charge on any atom is 0.119 e. The number of rotatable bonds is 7. The summed E-state index contributed by atoms with van der Waals surface area (Å²) in [7, 11) is -1.16. The molecule has 0 amide bonds. The van der Waals surface area contributed by atoms with Crippen LogP contribution in [0.4, 0.5) is 0 Å². The van der Waals surface area contributed by atoms with E-state index in [0.29, 0.717) is 21.5 Å². The lowest BCUT2D eigenvalue weighted by atomic mass is 10.2. The lowest BCUT2D eigenvalue weighted by molar-refractivity contribution is 0.125. The molecule has 0 aliphatic carbocycles. The van der Waals surface area contributed by atoms with Gasteiger partial charge in [-0.25, -0.2) is 0 Å². The molecule has 6 heteroatoms. The molecule has 2 rings (SSSR count). The highest BCUT2D eigenvalue weighted by atomic mass is 35.5. The van der Waals surface area contributed by atoms with Crippen LogP contribution < -0.4 is 4.74 Å². The second kappa shape index (κ2) is 8.53. The van der Waals surface area contributed by atoms with Gasteiger partial charge in [0.2, 0.25) is 0 Å². The Morgan fingerprint density at radius 3 is 2.14 bits per heavy atom. The molecule has 3 nitrogen and oxygen atoms in total. The smallest absolute Gasteiger partial charge is 0.119 e. The third-order valence-corrected chi connectivity index (χ3v) is 4.79. The van der Waals surface area contributed by atoms with Gasteiger partial charge in [-0.15, -0.1) is 0 Å². The molecule has 0 aliphatic rings. The molecule has 0 unspecified atom stereocenters. The minimum atomic E-state index is -1.16. The zero-order chi connectivity index (χ0) is 15.9. The number of hydrogen-bond acceptors (Lipinski definition) is 3. The highest BCUT2D eigenvalue weighted by molar-refractivity contribution is 7.84. The van der Waals surface area contributed by atoms with Crippen LogP contribution in [0.2, 0.25) is 10.0 Å². The third-order valence-electron chi connectivity index (χ3n) is 2.88. The van der Waals surface area contributed by atoms with Crippen molar-refractivity contribution < 1.29 is 14.1 Å². The van der Waals surface area contributed by atoms with Crippen LogP contribution in [0.1, 0.15) is 5.56 Å². The molecule has 2 atom stereocenters. The molecular formula is C16H16Cl2O3S. The van der Waals surface area contributed by atoms with Crippen molar-refractivity contribution in [2.75, 3.05) is 12.4 Å². The fourth-order valence-corrected chi connectivity index (χ4v) is 3.27. The fourth-order valence-electron chi connectivity index (χ4n) is 1.81. The van der Waals surface area contributed by atoms with Gasteiger partial charge in [-0.2, -0.15) is 0 Å². The van der Waals surface area contributed by atoms with Crippen LogP contribution in [0.3, 0.4) is 0 Å². The monoisotopic (exact) mass is 358 g/mol. The van der Waals surface area contributed by atoms with E-state index in [0.717, 1.165) is 5.56 Å². The lowest BCUT2D eigenvalue weighted by Gasteiger charge is -2.12. The van der Waals surface area contributed by atoms with Gasteiger partial charge < -0.3 is 9.84 Å². The van der Waals surface area contributed by atoms with E-state index in [9.17, 15) is 9.32 Å². The number of halogens is 2. The fraction of sp³-hybridized carbons (Fsp3) is 0.250. The Morgan fingerprint density at radius 2 is 1.55 bits per heavy atom. The van der Waals surface area contributed by atoms with Crippen molar-refractivity contribution in [2.45, 2.75) is 11.9 Å². The van der Waals surface area contributed by atoms with Crippen molar-refractivity contribution >= 4 is 34.0 Å². The van der Waals surface area contributed by atoms with Crippen LogP contribution in [0.25, 0.3) is 0 Å². The third kappa shape index (κ3) is 5.97. The molecule has 0 bridgehead atoms. The average molecular weight is 359 g/mol. The molecule has 0 heterocycles. The van der Waals surface area contributed by atoms with E-state index in [1.54, 1.807) is 36.4 Å². The Bertz CT molecular complexity index is 614. The molecule has 0 aliphatic heterocycles. The summed E-state index contributed by atoms with van der Waals surface area (Å²) in [6, 6.07) is 14.0. The van der Waals surface area contributed by atoms with Gasteiger partial charge in [-0.05, 0) is 42.0 Å². The maximum atomic E-state index is 12.0. The van der Waals surface area contributed by atoms with E-state index >= 15 is 0 Å². The van der Waals surface area contributed by atoms with Crippen LogP contribution >= 0.6 is 23.2 Å². The Kier molecular flexibility index (Phi) is 6.70. The minimum absolute atomic E-state index is 0.0913. The average Bonchev–Trinajstić information content (AvgIpc) is 2.49. The Labute approximate surface area is 142 Å². The molecule has 0 radical (unpaired) electrons. The molecule has 0 saturated heterocycles. The molecular weight excluding hydrogens is 343 g/mol. The van der Waals surface area contributed by atoms with E-state index < -0.39 is 16.9 Å². The summed E-state index contributed by atoms with van der Waals surface area (Å²) in [5.74, 6) is 1.16. The first kappa shape index (κ1) is 17.3. The summed E-state index contributed by atoms with van der Waals surface area (Å²) in [5, 5.41) is 11.2. The normalized spacial score (nSPS) is 13.6. The van der Waals surface area contributed by atoms with Crippen molar-refractivity contribution in [3.05, 3.63) is 64.1 Å². The van der Waals surface area contributed by atoms with Gasteiger partial charge in [0.15, 0.2) is 0 Å². The van der Waals surface area contributed by atoms with E-state index in [4.69, 9.17) is 27.9 Å². The highest BCUT2D eigenvalue weighted by Crippen LogP contribution is 2.16. The highest BCUT2D eigenvalue weighted by Gasteiger charge is 2.11. The second-order valence-electron chi connectivity index (χ2n) is 4.80. The first-order valence-corrected chi connectivity index (χ1v) is 8.93. The SMILES string of the molecule is O=[S@](Cc1ccc(Cl)cc1)C[C@@H](O)COc1ccc(Cl)cc1. The van der Waals surface area contributed by atoms with Crippen molar-refractivity contribution in [3.8, 4) is 5.75 Å². The Morgan fingerprint density at radius 1 is 1.00 bits per heavy atom. The summed E-state index contributed by atoms with van der Waals surface area (Å²) in [4.78, 5) is 0. The molecule has 2 aromatic rings. The van der Waals surface area contributed by atoms with Crippen molar-refractivity contribution in [2.24, 2.45) is 0 Å². The van der Waals surface area contributed by atoms with Crippen LogP contribution in [-0.4, -0.2) is 27.8 Å². The number of benzene rings is 2. The van der Waals surface area contributed by atoms with Crippen LogP contribution in [0, 0.1) is 0 Å². The van der Waals surface area contributed by atoms with Crippen LogP contribution in [0.5, 0.6) is 5.75 Å². The lowest BCUT2D eigenvalue weighted by Crippen LogP contribution is -2.24.